The van der Waals surface area contributed by atoms with Gasteiger partial charge in [-0.3, -0.25) is 4.79 Å². The van der Waals surface area contributed by atoms with Crippen LogP contribution in [-0.4, -0.2) is 33.3 Å². The predicted octanol–water partition coefficient (Wildman–Crippen LogP) is 3.24. The van der Waals surface area contributed by atoms with Gasteiger partial charge in [-0.15, -0.1) is 11.3 Å². The summed E-state index contributed by atoms with van der Waals surface area (Å²) in [6, 6.07) is 0. The van der Waals surface area contributed by atoms with Crippen LogP contribution in [0.1, 0.15) is 28.4 Å². The van der Waals surface area contributed by atoms with Gasteiger partial charge in [-0.2, -0.15) is 0 Å². The van der Waals surface area contributed by atoms with Crippen molar-refractivity contribution in [2.24, 2.45) is 0 Å². The molecule has 0 saturated carbocycles. The number of fused-ring (bicyclic) bond motifs is 1. The standard InChI is InChI=1S/C13H17N3OS3/c1-6-7(2)19-12-9(6)11(17)14-10(15-12)8(3)20-13(18)16(4)5/h8H,1-5H3,(H,14,15,17)/t8-/m0/s1. The molecule has 0 bridgehead atoms. The SMILES string of the molecule is Cc1sc2nc([C@H](C)SC(=S)N(C)C)[nH]c(=O)c2c1C. The van der Waals surface area contributed by atoms with Crippen LogP contribution in [0.4, 0.5) is 0 Å². The third-order valence-corrected chi connectivity index (χ3v) is 5.98. The summed E-state index contributed by atoms with van der Waals surface area (Å²) in [6.07, 6.45) is 0. The van der Waals surface area contributed by atoms with E-state index in [2.05, 4.69) is 9.97 Å². The lowest BCUT2D eigenvalue weighted by Gasteiger charge is -2.16. The van der Waals surface area contributed by atoms with E-state index < -0.39 is 0 Å². The van der Waals surface area contributed by atoms with Gasteiger partial charge in [-0.25, -0.2) is 4.98 Å². The zero-order valence-electron chi connectivity index (χ0n) is 12.1. The Morgan fingerprint density at radius 1 is 1.45 bits per heavy atom. The Morgan fingerprint density at radius 2 is 2.10 bits per heavy atom. The van der Waals surface area contributed by atoms with Crippen LogP contribution in [0, 0.1) is 13.8 Å². The van der Waals surface area contributed by atoms with E-state index in [1.165, 1.54) is 11.8 Å². The molecule has 0 aliphatic rings. The van der Waals surface area contributed by atoms with E-state index in [4.69, 9.17) is 12.2 Å². The number of thiocarbonyl (C=S) groups is 1. The second-order valence-corrected chi connectivity index (χ2v) is 8.01. The number of aromatic amines is 1. The maximum absolute atomic E-state index is 12.2. The summed E-state index contributed by atoms with van der Waals surface area (Å²) in [6.45, 7) is 5.97. The van der Waals surface area contributed by atoms with Gasteiger partial charge in [0, 0.05) is 19.0 Å². The van der Waals surface area contributed by atoms with Gasteiger partial charge in [0.05, 0.1) is 10.6 Å². The van der Waals surface area contributed by atoms with Gasteiger partial charge >= 0.3 is 0 Å². The lowest BCUT2D eigenvalue weighted by atomic mass is 10.2. The third-order valence-electron chi connectivity index (χ3n) is 3.09. The first-order chi connectivity index (χ1) is 9.31. The minimum Gasteiger partial charge on any atom is -0.364 e. The zero-order chi connectivity index (χ0) is 15.0. The quantitative estimate of drug-likeness (QED) is 0.858. The first kappa shape index (κ1) is 15.5. The van der Waals surface area contributed by atoms with Crippen LogP contribution < -0.4 is 5.56 Å². The van der Waals surface area contributed by atoms with Crippen molar-refractivity contribution < 1.29 is 0 Å². The number of aromatic nitrogens is 2. The zero-order valence-corrected chi connectivity index (χ0v) is 14.6. The molecule has 2 heterocycles. The molecular formula is C13H17N3OS3. The molecule has 0 fully saturated rings. The summed E-state index contributed by atoms with van der Waals surface area (Å²) in [5, 5.41) is 0.730. The first-order valence-corrected chi connectivity index (χ1v) is 8.29. The summed E-state index contributed by atoms with van der Waals surface area (Å²) in [7, 11) is 3.82. The number of aryl methyl sites for hydroxylation is 2. The number of thioether (sulfide) groups is 1. The Kier molecular flexibility index (Phi) is 4.51. The summed E-state index contributed by atoms with van der Waals surface area (Å²) in [4.78, 5) is 23.5. The molecule has 0 spiro atoms. The molecule has 2 rings (SSSR count). The molecule has 20 heavy (non-hydrogen) atoms. The van der Waals surface area contributed by atoms with Crippen molar-refractivity contribution in [3.8, 4) is 0 Å². The number of nitrogens with one attached hydrogen (secondary N) is 1. The number of hydrogen-bond acceptors (Lipinski definition) is 5. The number of hydrogen-bond donors (Lipinski definition) is 1. The van der Waals surface area contributed by atoms with Gasteiger partial charge in [0.25, 0.3) is 5.56 Å². The molecule has 0 aromatic carbocycles. The molecule has 7 heteroatoms. The van der Waals surface area contributed by atoms with E-state index in [1.807, 2.05) is 39.8 Å². The monoisotopic (exact) mass is 327 g/mol. The van der Waals surface area contributed by atoms with E-state index in [-0.39, 0.29) is 10.8 Å². The van der Waals surface area contributed by atoms with E-state index in [1.54, 1.807) is 11.3 Å². The van der Waals surface area contributed by atoms with Gasteiger partial charge in [0.15, 0.2) is 0 Å². The minimum absolute atomic E-state index is 0.0183. The van der Waals surface area contributed by atoms with Gasteiger partial charge in [0.2, 0.25) is 0 Å². The van der Waals surface area contributed by atoms with Crippen molar-refractivity contribution in [2.75, 3.05) is 14.1 Å². The van der Waals surface area contributed by atoms with Gasteiger partial charge in [-0.1, -0.05) is 24.0 Å². The average molecular weight is 328 g/mol. The fourth-order valence-electron chi connectivity index (χ4n) is 1.78. The second-order valence-electron chi connectivity index (χ2n) is 4.83. The van der Waals surface area contributed by atoms with Crippen molar-refractivity contribution >= 4 is 49.9 Å². The maximum Gasteiger partial charge on any atom is 0.259 e. The summed E-state index contributed by atoms with van der Waals surface area (Å²) < 4.78 is 0.777. The second kappa shape index (κ2) is 5.83. The lowest BCUT2D eigenvalue weighted by molar-refractivity contribution is 0.647. The van der Waals surface area contributed by atoms with Crippen molar-refractivity contribution in [3.05, 3.63) is 26.6 Å². The number of rotatable bonds is 2. The molecular weight excluding hydrogens is 310 g/mol. The Labute approximate surface area is 131 Å². The van der Waals surface area contributed by atoms with E-state index in [0.29, 0.717) is 11.2 Å². The van der Waals surface area contributed by atoms with E-state index >= 15 is 0 Å². The fraction of sp³-hybridized carbons (Fsp3) is 0.462. The van der Waals surface area contributed by atoms with E-state index in [0.717, 1.165) is 19.6 Å². The highest BCUT2D eigenvalue weighted by molar-refractivity contribution is 8.23. The molecule has 2 aromatic rings. The normalized spacial score (nSPS) is 12.7. The van der Waals surface area contributed by atoms with Crippen LogP contribution in [0.25, 0.3) is 10.2 Å². The Bertz CT molecular complexity index is 717. The van der Waals surface area contributed by atoms with Crippen molar-refractivity contribution in [1.82, 2.24) is 14.9 Å². The third kappa shape index (κ3) is 2.89. The molecule has 4 nitrogen and oxygen atoms in total. The van der Waals surface area contributed by atoms with Crippen LogP contribution >= 0.6 is 35.3 Å². The predicted molar refractivity (Wildman–Crippen MR) is 92.0 cm³/mol. The van der Waals surface area contributed by atoms with Crippen LogP contribution in [-0.2, 0) is 0 Å². The van der Waals surface area contributed by atoms with Crippen LogP contribution in [0.5, 0.6) is 0 Å². The largest absolute Gasteiger partial charge is 0.364 e. The van der Waals surface area contributed by atoms with Crippen molar-refractivity contribution in [3.63, 3.8) is 0 Å². The molecule has 108 valence electrons. The molecule has 0 aliphatic heterocycles. The Hall–Kier alpha value is -0.920. The van der Waals surface area contributed by atoms with E-state index in [9.17, 15) is 4.79 Å². The summed E-state index contributed by atoms with van der Waals surface area (Å²) >= 11 is 8.36. The molecule has 2 aromatic heterocycles. The topological polar surface area (TPSA) is 49.0 Å². The first-order valence-electron chi connectivity index (χ1n) is 6.19. The molecule has 1 atom stereocenters. The van der Waals surface area contributed by atoms with Gasteiger partial charge < -0.3 is 9.88 Å². The molecule has 0 aliphatic carbocycles. The Balaban J connectivity index is 2.41. The number of thiophene rings is 1. The molecule has 0 saturated heterocycles. The highest BCUT2D eigenvalue weighted by Crippen LogP contribution is 2.30. The highest BCUT2D eigenvalue weighted by atomic mass is 32.2. The lowest BCUT2D eigenvalue weighted by Crippen LogP contribution is -2.18. The van der Waals surface area contributed by atoms with Crippen molar-refractivity contribution in [2.45, 2.75) is 26.0 Å². The fourth-order valence-corrected chi connectivity index (χ4v) is 3.98. The van der Waals surface area contributed by atoms with Crippen LogP contribution in [0.2, 0.25) is 0 Å². The molecule has 1 N–H and O–H groups in total. The summed E-state index contributed by atoms with van der Waals surface area (Å²) in [5.41, 5.74) is 0.962. The van der Waals surface area contributed by atoms with Gasteiger partial charge in [-0.05, 0) is 26.3 Å². The Morgan fingerprint density at radius 3 is 2.70 bits per heavy atom. The van der Waals surface area contributed by atoms with Gasteiger partial charge in [0.1, 0.15) is 15.0 Å². The van der Waals surface area contributed by atoms with Crippen molar-refractivity contribution in [1.29, 1.82) is 0 Å². The van der Waals surface area contributed by atoms with Crippen LogP contribution in [0.3, 0.4) is 0 Å². The minimum atomic E-state index is -0.0601. The number of H-pyrrole nitrogens is 1. The molecule has 0 unspecified atom stereocenters. The smallest absolute Gasteiger partial charge is 0.259 e. The highest BCUT2D eigenvalue weighted by Gasteiger charge is 2.17. The van der Waals surface area contributed by atoms with Crippen LogP contribution in [0.15, 0.2) is 4.79 Å². The average Bonchev–Trinajstić information content (AvgIpc) is 2.65. The summed E-state index contributed by atoms with van der Waals surface area (Å²) in [5.74, 6) is 0.679. The maximum atomic E-state index is 12.2. The number of nitrogens with zero attached hydrogens (tertiary/aromatic N) is 2. The molecule has 0 radical (unpaired) electrons. The molecule has 0 amide bonds.